The van der Waals surface area contributed by atoms with E-state index in [1.165, 1.54) is 16.9 Å². The summed E-state index contributed by atoms with van der Waals surface area (Å²) in [6.45, 7) is 1.80. The highest BCUT2D eigenvalue weighted by molar-refractivity contribution is 7.14. The Hall–Kier alpha value is -2.99. The number of aryl methyl sites for hydroxylation is 1. The highest BCUT2D eigenvalue weighted by Crippen LogP contribution is 2.44. The van der Waals surface area contributed by atoms with Crippen LogP contribution in [0.4, 0.5) is 5.13 Å². The highest BCUT2D eigenvalue weighted by atomic mass is 32.1. The Labute approximate surface area is 180 Å². The number of carbonyl (C=O) groups excluding carboxylic acids is 2. The molecular weight excluding hydrogens is 396 g/mol. The predicted molar refractivity (Wildman–Crippen MR) is 118 cm³/mol. The van der Waals surface area contributed by atoms with Gasteiger partial charge in [0, 0.05) is 10.9 Å². The lowest BCUT2D eigenvalue weighted by Gasteiger charge is -2.39. The van der Waals surface area contributed by atoms with Crippen LogP contribution in [-0.4, -0.2) is 23.5 Å². The van der Waals surface area contributed by atoms with Crippen LogP contribution in [0.25, 0.3) is 11.3 Å². The molecule has 1 aliphatic rings. The minimum Gasteiger partial charge on any atom is -0.455 e. The summed E-state index contributed by atoms with van der Waals surface area (Å²) in [4.78, 5) is 29.5. The van der Waals surface area contributed by atoms with Gasteiger partial charge in [-0.3, -0.25) is 14.9 Å². The normalized spacial score (nSPS) is 14.6. The van der Waals surface area contributed by atoms with Crippen LogP contribution in [0.3, 0.4) is 0 Å². The standard InChI is InChI=1S/C24H24N2O3S/c1-2-17-9-11-18(12-10-17)20-16-30-23(25-20)26-21(27)15-29-22(28)24(13-6-14-24)19-7-4-3-5-8-19/h3-5,7-12,16H,2,6,13-15H2,1H3,(H,25,26,27). The van der Waals surface area contributed by atoms with E-state index in [0.29, 0.717) is 5.13 Å². The van der Waals surface area contributed by atoms with Gasteiger partial charge in [-0.15, -0.1) is 11.3 Å². The molecular formula is C24H24N2O3S. The van der Waals surface area contributed by atoms with Gasteiger partial charge in [0.2, 0.25) is 0 Å². The molecule has 1 amide bonds. The summed E-state index contributed by atoms with van der Waals surface area (Å²) >= 11 is 1.35. The summed E-state index contributed by atoms with van der Waals surface area (Å²) in [6.07, 6.45) is 3.48. The van der Waals surface area contributed by atoms with Gasteiger partial charge in [0.05, 0.1) is 11.1 Å². The molecule has 154 valence electrons. The first-order valence-electron chi connectivity index (χ1n) is 10.2. The first-order chi connectivity index (χ1) is 14.6. The number of esters is 1. The van der Waals surface area contributed by atoms with E-state index in [0.717, 1.165) is 42.5 Å². The lowest BCUT2D eigenvalue weighted by atomic mass is 9.64. The summed E-state index contributed by atoms with van der Waals surface area (Å²) in [7, 11) is 0. The Balaban J connectivity index is 1.34. The first kappa shape index (κ1) is 20.3. The molecule has 1 fully saturated rings. The molecule has 0 unspecified atom stereocenters. The topological polar surface area (TPSA) is 68.3 Å². The van der Waals surface area contributed by atoms with Crippen molar-refractivity contribution in [3.63, 3.8) is 0 Å². The number of rotatable bonds is 7. The van der Waals surface area contributed by atoms with Crippen LogP contribution >= 0.6 is 11.3 Å². The van der Waals surface area contributed by atoms with Crippen molar-refractivity contribution in [3.8, 4) is 11.3 Å². The Morgan fingerprint density at radius 1 is 1.10 bits per heavy atom. The highest BCUT2D eigenvalue weighted by Gasteiger charge is 2.47. The zero-order chi connectivity index (χ0) is 21.0. The molecule has 0 spiro atoms. The number of anilines is 1. The molecule has 1 aliphatic carbocycles. The van der Waals surface area contributed by atoms with E-state index in [4.69, 9.17) is 4.74 Å². The van der Waals surface area contributed by atoms with E-state index in [2.05, 4.69) is 29.4 Å². The number of nitrogens with one attached hydrogen (secondary N) is 1. The second kappa shape index (κ2) is 8.79. The summed E-state index contributed by atoms with van der Waals surface area (Å²) in [6, 6.07) is 17.9. The Kier molecular flexibility index (Phi) is 5.95. The van der Waals surface area contributed by atoms with Crippen LogP contribution in [0.5, 0.6) is 0 Å². The quantitative estimate of drug-likeness (QED) is 0.548. The van der Waals surface area contributed by atoms with Crippen molar-refractivity contribution in [2.45, 2.75) is 38.0 Å². The molecule has 0 radical (unpaired) electrons. The smallest absolute Gasteiger partial charge is 0.317 e. The van der Waals surface area contributed by atoms with Gasteiger partial charge < -0.3 is 4.74 Å². The van der Waals surface area contributed by atoms with Gasteiger partial charge in [-0.1, -0.05) is 67.9 Å². The molecule has 1 saturated carbocycles. The molecule has 3 aromatic rings. The summed E-state index contributed by atoms with van der Waals surface area (Å²) in [5.74, 6) is -0.709. The molecule has 0 saturated heterocycles. The van der Waals surface area contributed by atoms with Gasteiger partial charge in [-0.2, -0.15) is 0 Å². The number of hydrogen-bond acceptors (Lipinski definition) is 5. The van der Waals surface area contributed by atoms with E-state index in [-0.39, 0.29) is 18.5 Å². The first-order valence-corrected chi connectivity index (χ1v) is 11.1. The molecule has 1 heterocycles. The van der Waals surface area contributed by atoms with Crippen molar-refractivity contribution >= 4 is 28.3 Å². The minimum atomic E-state index is -0.611. The number of benzene rings is 2. The average Bonchev–Trinajstić information content (AvgIpc) is 3.21. The molecule has 0 atom stereocenters. The maximum absolute atomic E-state index is 12.7. The molecule has 1 aromatic heterocycles. The third-order valence-electron chi connectivity index (χ3n) is 5.67. The van der Waals surface area contributed by atoms with Gasteiger partial charge in [0.1, 0.15) is 0 Å². The molecule has 0 aliphatic heterocycles. The molecule has 5 nitrogen and oxygen atoms in total. The third kappa shape index (κ3) is 4.14. The Morgan fingerprint density at radius 2 is 1.83 bits per heavy atom. The SMILES string of the molecule is CCc1ccc(-c2csc(NC(=O)COC(=O)C3(c4ccccc4)CCC3)n2)cc1. The van der Waals surface area contributed by atoms with Crippen LogP contribution in [-0.2, 0) is 26.2 Å². The fourth-order valence-corrected chi connectivity index (χ4v) is 4.43. The van der Waals surface area contributed by atoms with Crippen LogP contribution in [0.1, 0.15) is 37.3 Å². The number of amides is 1. The van der Waals surface area contributed by atoms with Gasteiger partial charge in [0.25, 0.3) is 5.91 Å². The number of carbonyl (C=O) groups is 2. The van der Waals surface area contributed by atoms with Crippen LogP contribution in [0, 0.1) is 0 Å². The number of nitrogens with zero attached hydrogens (tertiary/aromatic N) is 1. The largest absolute Gasteiger partial charge is 0.455 e. The van der Waals surface area contributed by atoms with E-state index in [1.54, 1.807) is 0 Å². The number of hydrogen-bond donors (Lipinski definition) is 1. The lowest BCUT2D eigenvalue weighted by Crippen LogP contribution is -2.44. The van der Waals surface area contributed by atoms with Crippen molar-refractivity contribution in [2.24, 2.45) is 0 Å². The van der Waals surface area contributed by atoms with E-state index in [1.807, 2.05) is 47.8 Å². The van der Waals surface area contributed by atoms with Crippen LogP contribution in [0.15, 0.2) is 60.0 Å². The van der Waals surface area contributed by atoms with Crippen molar-refractivity contribution in [3.05, 3.63) is 71.1 Å². The minimum absolute atomic E-state index is 0.312. The maximum Gasteiger partial charge on any atom is 0.317 e. The Morgan fingerprint density at radius 3 is 2.47 bits per heavy atom. The summed E-state index contributed by atoms with van der Waals surface area (Å²) in [5.41, 5.74) is 3.43. The number of ether oxygens (including phenoxy) is 1. The zero-order valence-electron chi connectivity index (χ0n) is 16.9. The number of thiazole rings is 1. The van der Waals surface area contributed by atoms with Crippen molar-refractivity contribution in [1.29, 1.82) is 0 Å². The predicted octanol–water partition coefficient (Wildman–Crippen LogP) is 4.98. The van der Waals surface area contributed by atoms with Crippen molar-refractivity contribution in [1.82, 2.24) is 4.98 Å². The molecule has 4 rings (SSSR count). The maximum atomic E-state index is 12.7. The van der Waals surface area contributed by atoms with Gasteiger partial charge >= 0.3 is 5.97 Å². The molecule has 1 N–H and O–H groups in total. The monoisotopic (exact) mass is 420 g/mol. The molecule has 30 heavy (non-hydrogen) atoms. The van der Waals surface area contributed by atoms with E-state index in [9.17, 15) is 9.59 Å². The summed E-state index contributed by atoms with van der Waals surface area (Å²) in [5, 5.41) is 5.13. The average molecular weight is 421 g/mol. The van der Waals surface area contributed by atoms with Gasteiger partial charge in [0.15, 0.2) is 11.7 Å². The molecule has 6 heteroatoms. The van der Waals surface area contributed by atoms with E-state index >= 15 is 0 Å². The van der Waals surface area contributed by atoms with Crippen LogP contribution in [0.2, 0.25) is 0 Å². The second-order valence-electron chi connectivity index (χ2n) is 7.51. The lowest BCUT2D eigenvalue weighted by molar-refractivity contribution is -0.156. The van der Waals surface area contributed by atoms with E-state index < -0.39 is 5.41 Å². The summed E-state index contributed by atoms with van der Waals surface area (Å²) < 4.78 is 5.38. The fourth-order valence-electron chi connectivity index (χ4n) is 3.70. The van der Waals surface area contributed by atoms with Gasteiger partial charge in [-0.25, -0.2) is 4.98 Å². The van der Waals surface area contributed by atoms with Crippen molar-refractivity contribution < 1.29 is 14.3 Å². The third-order valence-corrected chi connectivity index (χ3v) is 6.42. The number of aromatic nitrogens is 1. The molecule has 0 bridgehead atoms. The second-order valence-corrected chi connectivity index (χ2v) is 8.37. The fraction of sp³-hybridized carbons (Fsp3) is 0.292. The van der Waals surface area contributed by atoms with Crippen molar-refractivity contribution in [2.75, 3.05) is 11.9 Å². The Bertz CT molecular complexity index is 1020. The van der Waals surface area contributed by atoms with Crippen LogP contribution < -0.4 is 5.32 Å². The molecule has 2 aromatic carbocycles. The zero-order valence-corrected chi connectivity index (χ0v) is 17.7. The van der Waals surface area contributed by atoms with Gasteiger partial charge in [-0.05, 0) is 30.4 Å².